The van der Waals surface area contributed by atoms with E-state index in [-0.39, 0.29) is 9.92 Å². The van der Waals surface area contributed by atoms with Crippen LogP contribution < -0.4 is 4.31 Å². The Labute approximate surface area is 147 Å². The molecule has 2 aromatic carbocycles. The van der Waals surface area contributed by atoms with Gasteiger partial charge >= 0.3 is 0 Å². The van der Waals surface area contributed by atoms with Crippen molar-refractivity contribution in [1.82, 2.24) is 0 Å². The summed E-state index contributed by atoms with van der Waals surface area (Å²) in [6, 6.07) is 8.40. The number of sulfonamides is 1. The lowest BCUT2D eigenvalue weighted by Gasteiger charge is -2.27. The maximum atomic E-state index is 13.1. The van der Waals surface area contributed by atoms with Gasteiger partial charge in [-0.2, -0.15) is 0 Å². The molecule has 0 aromatic heterocycles. The van der Waals surface area contributed by atoms with Gasteiger partial charge in [-0.1, -0.05) is 40.9 Å². The van der Waals surface area contributed by atoms with Crippen LogP contribution in [0.15, 0.2) is 35.2 Å². The third-order valence-corrected chi connectivity index (χ3v) is 6.22. The minimum absolute atomic E-state index is 0.0212. The molecule has 6 heteroatoms. The van der Waals surface area contributed by atoms with Gasteiger partial charge in [-0.15, -0.1) is 0 Å². The molecule has 2 aromatic rings. The summed E-state index contributed by atoms with van der Waals surface area (Å²) in [6.45, 7) is 7.91. The first-order valence-corrected chi connectivity index (χ1v) is 9.43. The van der Waals surface area contributed by atoms with E-state index in [4.69, 9.17) is 23.2 Å². The number of hydrogen-bond donors (Lipinski definition) is 0. The molecule has 0 amide bonds. The predicted molar refractivity (Wildman–Crippen MR) is 97.3 cm³/mol. The van der Waals surface area contributed by atoms with Gasteiger partial charge in [-0.05, 0) is 57.0 Å². The van der Waals surface area contributed by atoms with Crippen LogP contribution in [0.2, 0.25) is 10.0 Å². The van der Waals surface area contributed by atoms with Gasteiger partial charge in [0.05, 0.1) is 10.7 Å². The molecule has 0 spiro atoms. The molecular formula is C17H19Cl2NO2S. The van der Waals surface area contributed by atoms with E-state index in [1.54, 1.807) is 13.0 Å². The molecule has 2 rings (SSSR count). The van der Waals surface area contributed by atoms with Gasteiger partial charge < -0.3 is 0 Å². The Hall–Kier alpha value is -1.23. The Bertz CT molecular complexity index is 825. The Kier molecular flexibility index (Phi) is 5.29. The summed E-state index contributed by atoms with van der Waals surface area (Å²) in [6.07, 6.45) is 0. The number of halogens is 2. The SMILES string of the molecule is CCN(c1c(C)cc(C)cc1C)S(=O)(=O)c1cc(Cl)ccc1Cl. The van der Waals surface area contributed by atoms with Crippen LogP contribution in [0.4, 0.5) is 5.69 Å². The zero-order valence-electron chi connectivity index (χ0n) is 13.5. The number of benzene rings is 2. The van der Waals surface area contributed by atoms with Gasteiger partial charge in [0.2, 0.25) is 0 Å². The molecule has 0 bridgehead atoms. The van der Waals surface area contributed by atoms with E-state index in [9.17, 15) is 8.42 Å². The molecule has 0 saturated carbocycles. The molecule has 0 aliphatic heterocycles. The molecule has 0 aliphatic carbocycles. The summed E-state index contributed by atoms with van der Waals surface area (Å²) < 4.78 is 27.6. The van der Waals surface area contributed by atoms with Crippen molar-refractivity contribution in [3.8, 4) is 0 Å². The van der Waals surface area contributed by atoms with Crippen LogP contribution >= 0.6 is 23.2 Å². The van der Waals surface area contributed by atoms with Crippen molar-refractivity contribution in [3.05, 3.63) is 57.1 Å². The topological polar surface area (TPSA) is 37.4 Å². The van der Waals surface area contributed by atoms with E-state index in [0.29, 0.717) is 17.3 Å². The smallest absolute Gasteiger partial charge is 0.265 e. The lowest BCUT2D eigenvalue weighted by molar-refractivity contribution is 0.591. The molecule has 3 nitrogen and oxygen atoms in total. The van der Waals surface area contributed by atoms with Gasteiger partial charge in [0.1, 0.15) is 4.90 Å². The summed E-state index contributed by atoms with van der Waals surface area (Å²) >= 11 is 12.1. The van der Waals surface area contributed by atoms with E-state index >= 15 is 0 Å². The van der Waals surface area contributed by atoms with Crippen LogP contribution in [0.5, 0.6) is 0 Å². The van der Waals surface area contributed by atoms with Crippen molar-refractivity contribution in [2.45, 2.75) is 32.6 Å². The fourth-order valence-corrected chi connectivity index (χ4v) is 5.15. The Morgan fingerprint density at radius 2 is 1.57 bits per heavy atom. The van der Waals surface area contributed by atoms with Crippen molar-refractivity contribution in [2.24, 2.45) is 0 Å². The summed E-state index contributed by atoms with van der Waals surface area (Å²) in [4.78, 5) is 0.0212. The standard InChI is InChI=1S/C17H19Cl2NO2S/c1-5-20(17-12(3)8-11(2)9-13(17)4)23(21,22)16-10-14(18)6-7-15(16)19/h6-10H,5H2,1-4H3. The Balaban J connectivity index is 2.68. The van der Waals surface area contributed by atoms with E-state index in [0.717, 1.165) is 16.7 Å². The van der Waals surface area contributed by atoms with Crippen LogP contribution in [0.1, 0.15) is 23.6 Å². The largest absolute Gasteiger partial charge is 0.266 e. The van der Waals surface area contributed by atoms with Crippen molar-refractivity contribution in [3.63, 3.8) is 0 Å². The molecule has 0 atom stereocenters. The van der Waals surface area contributed by atoms with Gasteiger partial charge in [0.25, 0.3) is 10.0 Å². The lowest BCUT2D eigenvalue weighted by Crippen LogP contribution is -2.32. The number of aryl methyl sites for hydroxylation is 3. The van der Waals surface area contributed by atoms with Gasteiger partial charge in [-0.3, -0.25) is 4.31 Å². The van der Waals surface area contributed by atoms with Crippen LogP contribution in [-0.2, 0) is 10.0 Å². The molecule has 0 aliphatic rings. The third kappa shape index (κ3) is 3.49. The second-order valence-corrected chi connectivity index (χ2v) is 8.17. The van der Waals surface area contributed by atoms with Crippen LogP contribution in [-0.4, -0.2) is 15.0 Å². The number of nitrogens with zero attached hydrogens (tertiary/aromatic N) is 1. The average molecular weight is 372 g/mol. The Morgan fingerprint density at radius 3 is 2.09 bits per heavy atom. The first-order chi connectivity index (χ1) is 10.7. The van der Waals surface area contributed by atoms with E-state index in [1.165, 1.54) is 16.4 Å². The minimum atomic E-state index is -3.80. The van der Waals surface area contributed by atoms with Crippen LogP contribution in [0.3, 0.4) is 0 Å². The fourth-order valence-electron chi connectivity index (χ4n) is 2.81. The monoisotopic (exact) mass is 371 g/mol. The van der Waals surface area contributed by atoms with Crippen LogP contribution in [0, 0.1) is 20.8 Å². The zero-order valence-corrected chi connectivity index (χ0v) is 15.9. The van der Waals surface area contributed by atoms with E-state index < -0.39 is 10.0 Å². The first kappa shape index (κ1) is 18.1. The fraction of sp³-hybridized carbons (Fsp3) is 0.294. The van der Waals surface area contributed by atoms with Gasteiger partial charge in [0, 0.05) is 11.6 Å². The normalized spacial score (nSPS) is 11.6. The molecule has 0 unspecified atom stereocenters. The lowest BCUT2D eigenvalue weighted by atomic mass is 10.1. The molecular weight excluding hydrogens is 353 g/mol. The van der Waals surface area contributed by atoms with E-state index in [1.807, 2.05) is 32.9 Å². The van der Waals surface area contributed by atoms with Crippen molar-refractivity contribution < 1.29 is 8.42 Å². The third-order valence-electron chi connectivity index (χ3n) is 3.63. The molecule has 0 heterocycles. The van der Waals surface area contributed by atoms with Gasteiger partial charge in [-0.25, -0.2) is 8.42 Å². The highest BCUT2D eigenvalue weighted by molar-refractivity contribution is 7.93. The highest BCUT2D eigenvalue weighted by atomic mass is 35.5. The second-order valence-electron chi connectivity index (χ2n) is 5.49. The number of rotatable bonds is 4. The Morgan fingerprint density at radius 1 is 1.00 bits per heavy atom. The molecule has 0 N–H and O–H groups in total. The summed E-state index contributed by atoms with van der Waals surface area (Å²) in [5.41, 5.74) is 3.60. The molecule has 0 saturated heterocycles. The summed E-state index contributed by atoms with van der Waals surface area (Å²) in [5.74, 6) is 0. The minimum Gasteiger partial charge on any atom is -0.266 e. The molecule has 0 radical (unpaired) electrons. The maximum Gasteiger partial charge on any atom is 0.265 e. The van der Waals surface area contributed by atoms with E-state index in [2.05, 4.69) is 0 Å². The maximum absolute atomic E-state index is 13.1. The molecule has 124 valence electrons. The van der Waals surface area contributed by atoms with Crippen molar-refractivity contribution >= 4 is 38.9 Å². The summed E-state index contributed by atoms with van der Waals surface area (Å²) in [5, 5.41) is 0.497. The first-order valence-electron chi connectivity index (χ1n) is 7.24. The van der Waals surface area contributed by atoms with Gasteiger partial charge in [0.15, 0.2) is 0 Å². The molecule has 23 heavy (non-hydrogen) atoms. The molecule has 0 fully saturated rings. The van der Waals surface area contributed by atoms with Crippen molar-refractivity contribution in [1.29, 1.82) is 0 Å². The highest BCUT2D eigenvalue weighted by Gasteiger charge is 2.28. The summed E-state index contributed by atoms with van der Waals surface area (Å²) in [7, 11) is -3.80. The second kappa shape index (κ2) is 6.71. The average Bonchev–Trinajstić information content (AvgIpc) is 2.44. The van der Waals surface area contributed by atoms with Crippen LogP contribution in [0.25, 0.3) is 0 Å². The van der Waals surface area contributed by atoms with Crippen molar-refractivity contribution in [2.75, 3.05) is 10.8 Å². The predicted octanol–water partition coefficient (Wildman–Crippen LogP) is 5.13. The quantitative estimate of drug-likeness (QED) is 0.746. The highest BCUT2D eigenvalue weighted by Crippen LogP contribution is 2.34. The number of hydrogen-bond acceptors (Lipinski definition) is 2. The number of anilines is 1. The zero-order chi connectivity index (χ0) is 17.4.